The fourth-order valence-electron chi connectivity index (χ4n) is 8.04. The van der Waals surface area contributed by atoms with Crippen LogP contribution in [0.25, 0.3) is 56.3 Å². The van der Waals surface area contributed by atoms with Crippen LogP contribution in [0.4, 0.5) is 40.3 Å². The largest absolute Gasteiger partial charge is 0.512 e. The first-order valence-corrected chi connectivity index (χ1v) is 27.5. The number of allylic oxidation sites excluding steroid dienone is 2. The molecule has 12 rings (SSSR count). The van der Waals surface area contributed by atoms with Crippen molar-refractivity contribution in [2.75, 3.05) is 23.9 Å². The van der Waals surface area contributed by atoms with E-state index in [0.717, 1.165) is 85.5 Å². The van der Waals surface area contributed by atoms with Crippen molar-refractivity contribution >= 4 is 28.5 Å². The molecule has 0 bridgehead atoms. The Labute approximate surface area is 610 Å². The topological polar surface area (TPSA) is 108 Å². The zero-order valence-corrected chi connectivity index (χ0v) is 62.4. The molecule has 0 saturated carbocycles. The number of carbonyl (C=O) groups is 1. The second-order valence-corrected chi connectivity index (χ2v) is 19.2. The number of hydrogen-bond acceptors (Lipinski definition) is 9. The van der Waals surface area contributed by atoms with Crippen LogP contribution in [0.1, 0.15) is 19.4 Å². The van der Waals surface area contributed by atoms with E-state index >= 15 is 0 Å². The van der Waals surface area contributed by atoms with Gasteiger partial charge in [-0.05, 0) is 104 Å². The van der Waals surface area contributed by atoms with Crippen molar-refractivity contribution in [2.45, 2.75) is 20.8 Å². The number of benzene rings is 7. The molecule has 9 nitrogen and oxygen atoms in total. The van der Waals surface area contributed by atoms with E-state index in [1.165, 1.54) is 44.2 Å². The van der Waals surface area contributed by atoms with E-state index in [9.17, 15) is 22.4 Å². The van der Waals surface area contributed by atoms with Crippen LogP contribution in [0.5, 0.6) is 0 Å². The van der Waals surface area contributed by atoms with Gasteiger partial charge in [-0.2, -0.15) is 0 Å². The van der Waals surface area contributed by atoms with Crippen molar-refractivity contribution < 1.29 is 129 Å². The molecule has 0 spiro atoms. The van der Waals surface area contributed by atoms with E-state index in [4.69, 9.17) is 5.11 Å². The fraction of sp³-hybridized carbons (Fsp3) is 0.0667. The Bertz CT molecular complexity index is 3880. The maximum Gasteiger partial charge on any atom is 0.155 e. The van der Waals surface area contributed by atoms with E-state index in [1.54, 1.807) is 49.2 Å². The summed E-state index contributed by atoms with van der Waals surface area (Å²) in [5.74, 6) is -1.93. The smallest absolute Gasteiger partial charge is 0.155 e. The predicted octanol–water partition coefficient (Wildman–Crippen LogP) is 18.2. The molecule has 0 atom stereocenters. The molecule has 0 aliphatic carbocycles. The van der Waals surface area contributed by atoms with Crippen molar-refractivity contribution in [3.8, 4) is 56.3 Å². The quantitative estimate of drug-likeness (QED) is 0.0620. The van der Waals surface area contributed by atoms with Crippen LogP contribution in [-0.2, 0) is 106 Å². The third-order valence-corrected chi connectivity index (χ3v) is 12.1. The van der Waals surface area contributed by atoms with Gasteiger partial charge < -0.3 is 39.8 Å². The predicted molar refractivity (Wildman–Crippen MR) is 343 cm³/mol. The monoisotopic (exact) mass is 2130 g/mol. The number of anilines is 4. The van der Waals surface area contributed by atoms with E-state index in [-0.39, 0.29) is 130 Å². The number of carbonyl (C=O) groups excluding carboxylic acids is 1. The van der Waals surface area contributed by atoms with Gasteiger partial charge in [-0.3, -0.25) is 22.4 Å². The fourth-order valence-corrected chi connectivity index (χ4v) is 8.04. The Kier molecular flexibility index (Phi) is 38.3. The Hall–Kier alpha value is -7.89. The third-order valence-electron chi connectivity index (χ3n) is 12.1. The maximum atomic E-state index is 13.4. The molecule has 1 N–H and O–H groups in total. The number of pyridine rings is 5. The van der Waals surface area contributed by atoms with Gasteiger partial charge in [-0.15, -0.1) is 144 Å². The summed E-state index contributed by atoms with van der Waals surface area (Å²) in [6.07, 6.45) is 9.83. The van der Waals surface area contributed by atoms with Gasteiger partial charge in [0.15, 0.2) is 5.78 Å². The van der Waals surface area contributed by atoms with Crippen LogP contribution in [0.3, 0.4) is 0 Å². The minimum Gasteiger partial charge on any atom is -0.512 e. The molecule has 5 heterocycles. The van der Waals surface area contributed by atoms with Crippen molar-refractivity contribution in [1.82, 2.24) is 24.9 Å². The average molecular weight is 2130 g/mol. The molecule has 18 heteroatoms. The summed E-state index contributed by atoms with van der Waals surface area (Å²) in [7, 11) is 3.93. The van der Waals surface area contributed by atoms with Crippen LogP contribution in [0.15, 0.2) is 273 Å². The molecule has 7 aromatic carbocycles. The SMILES string of the molecule is CC(=O)C=C(C)O.CN(C)c1ccnc(-c2[c-]cc(F)cc2)c1.Cc1ccnc(-c2[c-]cc(F)cc2F)c1.Fc1c[c-]c(-c2cc(N(c3ccccc3)c3ccccc3)ccn2)cc1.[Ir].[Ir].[Ir].[Ir].[Pt].[c-]1ccccc1-c1ccccn1.[c-]1ccccc1-c1ccccn1. The van der Waals surface area contributed by atoms with E-state index < -0.39 is 11.6 Å². The maximum absolute atomic E-state index is 13.4. The van der Waals surface area contributed by atoms with Gasteiger partial charge in [-0.1, -0.05) is 96.1 Å². The summed E-state index contributed by atoms with van der Waals surface area (Å²) in [5.41, 5.74) is 12.9. The molecule has 0 unspecified atom stereocenters. The number of aromatic nitrogens is 5. The number of para-hydroxylation sites is 2. The second-order valence-electron chi connectivity index (χ2n) is 19.2. The number of rotatable bonds is 10. The first-order valence-electron chi connectivity index (χ1n) is 27.5. The normalized spacial score (nSPS) is 9.71. The number of aryl methyl sites for hydroxylation is 1. The number of ketones is 1. The molecule has 12 aromatic rings. The first kappa shape index (κ1) is 81.2. The van der Waals surface area contributed by atoms with Crippen molar-refractivity contribution in [2.24, 2.45) is 0 Å². The summed E-state index contributed by atoms with van der Waals surface area (Å²) in [6.45, 7) is 4.73. The molecule has 5 aromatic heterocycles. The number of aliphatic hydroxyl groups is 1. The number of nitrogens with zero attached hydrogens (tertiary/aromatic N) is 7. The molecule has 0 amide bonds. The van der Waals surface area contributed by atoms with Gasteiger partial charge in [0, 0.05) is 199 Å². The summed E-state index contributed by atoms with van der Waals surface area (Å²) >= 11 is 0. The van der Waals surface area contributed by atoms with Crippen molar-refractivity contribution in [3.05, 3.63) is 333 Å². The van der Waals surface area contributed by atoms with Gasteiger partial charge in [0.05, 0.1) is 5.76 Å². The van der Waals surface area contributed by atoms with Crippen LogP contribution in [0, 0.1) is 60.5 Å². The summed E-state index contributed by atoms with van der Waals surface area (Å²) < 4.78 is 52.0. The Morgan fingerprint density at radius 1 is 0.419 bits per heavy atom. The minimum absolute atomic E-state index is 0. The van der Waals surface area contributed by atoms with Gasteiger partial charge >= 0.3 is 0 Å². The van der Waals surface area contributed by atoms with Crippen LogP contribution >= 0.6 is 0 Å². The summed E-state index contributed by atoms with van der Waals surface area (Å²) in [4.78, 5) is 35.3. The van der Waals surface area contributed by atoms with Gasteiger partial charge in [0.2, 0.25) is 0 Å². The molecule has 0 saturated heterocycles. The van der Waals surface area contributed by atoms with Gasteiger partial charge in [0.1, 0.15) is 0 Å². The first-order chi connectivity index (χ1) is 42.7. The second kappa shape index (κ2) is 43.8. The number of hydrogen-bond donors (Lipinski definition) is 1. The molecular formula is C75H60F4Ir4N7O2Pt-5. The molecule has 93 heavy (non-hydrogen) atoms. The zero-order valence-electron chi connectivity index (χ0n) is 50.6. The van der Waals surface area contributed by atoms with E-state index in [0.29, 0.717) is 5.69 Å². The number of aliphatic hydroxyl groups excluding tert-OH is 1. The zero-order chi connectivity index (χ0) is 62.5. The molecule has 0 fully saturated rings. The van der Waals surface area contributed by atoms with Crippen LogP contribution in [-0.4, -0.2) is 49.9 Å². The molecule has 4 radical (unpaired) electrons. The van der Waals surface area contributed by atoms with Crippen molar-refractivity contribution in [3.63, 3.8) is 0 Å². The van der Waals surface area contributed by atoms with E-state index in [1.807, 2.05) is 178 Å². The molecule has 0 aliphatic rings. The summed E-state index contributed by atoms with van der Waals surface area (Å²) in [6, 6.07) is 84.4. The third kappa shape index (κ3) is 27.7. The van der Waals surface area contributed by atoms with Crippen LogP contribution in [0.2, 0.25) is 0 Å². The summed E-state index contributed by atoms with van der Waals surface area (Å²) in [5, 5.41) is 8.36. The standard InChI is InChI=1S/C23H16FN2.C13H12FN2.C12H8F2N.2C11H8N.C5H8O2.4Ir.Pt/c24-19-13-11-18(12-14-19)23-17-22(15-16-25-23)26(20-7-3-1-4-8-20)21-9-5-2-6-10-21;1-16(2)12-7-8-15-13(9-12)10-3-5-11(14)6-4-10;1-8-4-5-15-12(6-8)10-3-2-9(13)7-11(10)14;2*1-2-6-10(7-3-1)11-8-4-5-9-12-11;1-4(6)3-5(2)7;;;;;/h1-11,13-17H;3,5-9H,1-2H3;2,4-7H,1H3;2*1-6,8-9H;3,6H,1-2H3;;;;;/q5*-1;;;;;;. The number of halogens is 4. The molecule has 486 valence electrons. The Morgan fingerprint density at radius 3 is 1.23 bits per heavy atom. The molecule has 0 aliphatic heterocycles. The van der Waals surface area contributed by atoms with Gasteiger partial charge in [-0.25, -0.2) is 0 Å². The van der Waals surface area contributed by atoms with E-state index in [2.05, 4.69) is 84.4 Å². The average Bonchev–Trinajstić information content (AvgIpc) is 0.982. The van der Waals surface area contributed by atoms with Gasteiger partial charge in [0.25, 0.3) is 0 Å². The van der Waals surface area contributed by atoms with Crippen LogP contribution < -0.4 is 9.80 Å². The van der Waals surface area contributed by atoms with Crippen molar-refractivity contribution in [1.29, 1.82) is 0 Å². The molecular weight excluding hydrogens is 2070 g/mol. The Balaban J connectivity index is 0.000000392. The Morgan fingerprint density at radius 2 is 0.839 bits per heavy atom. The minimum atomic E-state index is -0.645.